The van der Waals surface area contributed by atoms with Crippen molar-refractivity contribution in [3.05, 3.63) is 64.6 Å². The number of pyridine rings is 1. The predicted molar refractivity (Wildman–Crippen MR) is 107 cm³/mol. The van der Waals surface area contributed by atoms with Gasteiger partial charge in [-0.2, -0.15) is 4.73 Å². The second-order valence-electron chi connectivity index (χ2n) is 7.76. The first-order valence-corrected chi connectivity index (χ1v) is 9.83. The Morgan fingerprint density at radius 2 is 2.00 bits per heavy atom. The molecule has 27 heavy (non-hydrogen) atoms. The van der Waals surface area contributed by atoms with Gasteiger partial charge in [0.05, 0.1) is 11.8 Å². The van der Waals surface area contributed by atoms with Crippen LogP contribution in [0.25, 0.3) is 11.1 Å². The van der Waals surface area contributed by atoms with Crippen LogP contribution in [0.5, 0.6) is 5.75 Å². The molecule has 2 heterocycles. The second kappa shape index (κ2) is 7.26. The third-order valence-corrected chi connectivity index (χ3v) is 6.04. The maximum Gasteiger partial charge on any atom is 0.290 e. The summed E-state index contributed by atoms with van der Waals surface area (Å²) >= 11 is 0. The van der Waals surface area contributed by atoms with E-state index in [0.717, 1.165) is 35.3 Å². The molecule has 0 amide bonds. The minimum atomic E-state index is -0.0878. The zero-order chi connectivity index (χ0) is 19.0. The van der Waals surface area contributed by atoms with Crippen LogP contribution in [0.15, 0.2) is 53.5 Å². The van der Waals surface area contributed by atoms with Crippen molar-refractivity contribution in [2.24, 2.45) is 11.8 Å². The Morgan fingerprint density at radius 3 is 2.70 bits per heavy atom. The van der Waals surface area contributed by atoms with Crippen LogP contribution in [-0.4, -0.2) is 17.9 Å². The molecular formula is C23H27NO3. The van der Waals surface area contributed by atoms with Gasteiger partial charge in [-0.05, 0) is 37.3 Å². The number of nitrogens with zero attached hydrogens (tertiary/aromatic N) is 1. The third-order valence-electron chi connectivity index (χ3n) is 6.04. The van der Waals surface area contributed by atoms with E-state index in [2.05, 4.69) is 19.1 Å². The molecule has 0 saturated heterocycles. The molecule has 0 radical (unpaired) electrons. The minimum Gasteiger partial charge on any atom is -0.485 e. The standard InChI is InChI=1S/C23H27NO3/c1-4-8-20-17-12-11-15(2)13-18(17)21-22(27-20)19(14-24(26-3)23(21)25)16-9-6-5-7-10-16/h4-10,14-15,17-18,20H,11-13H2,1-3H3/b8-4+. The van der Waals surface area contributed by atoms with Crippen LogP contribution >= 0.6 is 0 Å². The van der Waals surface area contributed by atoms with E-state index in [-0.39, 0.29) is 17.6 Å². The molecule has 4 rings (SSSR count). The Morgan fingerprint density at radius 1 is 1.22 bits per heavy atom. The smallest absolute Gasteiger partial charge is 0.290 e. The van der Waals surface area contributed by atoms with Gasteiger partial charge in [-0.25, -0.2) is 0 Å². The quantitative estimate of drug-likeness (QED) is 0.756. The molecule has 4 nitrogen and oxygen atoms in total. The maximum absolute atomic E-state index is 13.2. The first kappa shape index (κ1) is 17.9. The third kappa shape index (κ3) is 3.07. The molecule has 0 spiro atoms. The monoisotopic (exact) mass is 365 g/mol. The number of hydrogen-bond donors (Lipinski definition) is 0. The minimum absolute atomic E-state index is 0.0141. The fraction of sp³-hybridized carbons (Fsp3) is 0.435. The Hall–Kier alpha value is -2.49. The van der Waals surface area contributed by atoms with Crippen molar-refractivity contribution in [3.8, 4) is 16.9 Å². The first-order chi connectivity index (χ1) is 13.1. The Balaban J connectivity index is 1.96. The van der Waals surface area contributed by atoms with Crippen molar-refractivity contribution in [2.45, 2.75) is 45.1 Å². The van der Waals surface area contributed by atoms with Gasteiger partial charge in [0.15, 0.2) is 0 Å². The van der Waals surface area contributed by atoms with E-state index in [1.165, 1.54) is 18.3 Å². The van der Waals surface area contributed by atoms with E-state index in [4.69, 9.17) is 9.57 Å². The van der Waals surface area contributed by atoms with Crippen LogP contribution in [0.3, 0.4) is 0 Å². The van der Waals surface area contributed by atoms with E-state index in [1.54, 1.807) is 6.20 Å². The molecule has 0 N–H and O–H groups in total. The summed E-state index contributed by atoms with van der Waals surface area (Å²) in [7, 11) is 1.54. The Labute approximate surface area is 160 Å². The van der Waals surface area contributed by atoms with Gasteiger partial charge in [-0.1, -0.05) is 49.8 Å². The largest absolute Gasteiger partial charge is 0.485 e. The first-order valence-electron chi connectivity index (χ1n) is 9.83. The van der Waals surface area contributed by atoms with Gasteiger partial charge in [-0.3, -0.25) is 4.79 Å². The van der Waals surface area contributed by atoms with Crippen molar-refractivity contribution < 1.29 is 9.57 Å². The van der Waals surface area contributed by atoms with Crippen molar-refractivity contribution in [1.82, 2.24) is 4.73 Å². The Kier molecular flexibility index (Phi) is 4.81. The topological polar surface area (TPSA) is 40.5 Å². The molecule has 142 valence electrons. The van der Waals surface area contributed by atoms with Crippen molar-refractivity contribution in [2.75, 3.05) is 7.11 Å². The van der Waals surface area contributed by atoms with Crippen LogP contribution in [0.2, 0.25) is 0 Å². The fourth-order valence-electron chi connectivity index (χ4n) is 4.73. The van der Waals surface area contributed by atoms with Gasteiger partial charge >= 0.3 is 0 Å². The second-order valence-corrected chi connectivity index (χ2v) is 7.76. The van der Waals surface area contributed by atoms with Crippen LogP contribution < -0.4 is 15.1 Å². The SMILES string of the molecule is C/C=C/C1Oc2c(-c3ccccc3)cn(OC)c(=O)c2C2CC(C)CCC12. The average Bonchev–Trinajstić information content (AvgIpc) is 2.69. The summed E-state index contributed by atoms with van der Waals surface area (Å²) < 4.78 is 7.85. The summed E-state index contributed by atoms with van der Waals surface area (Å²) in [4.78, 5) is 18.6. The van der Waals surface area contributed by atoms with Gasteiger partial charge in [0.1, 0.15) is 19.0 Å². The van der Waals surface area contributed by atoms with Gasteiger partial charge in [-0.15, -0.1) is 0 Å². The molecular weight excluding hydrogens is 338 g/mol. The van der Waals surface area contributed by atoms with Crippen molar-refractivity contribution >= 4 is 0 Å². The lowest BCUT2D eigenvalue weighted by molar-refractivity contribution is 0.0821. The molecule has 4 atom stereocenters. The zero-order valence-corrected chi connectivity index (χ0v) is 16.2. The molecule has 0 bridgehead atoms. The highest BCUT2D eigenvalue weighted by molar-refractivity contribution is 5.72. The molecule has 1 aliphatic carbocycles. The molecule has 4 unspecified atom stereocenters. The highest BCUT2D eigenvalue weighted by Gasteiger charge is 2.43. The molecule has 1 fully saturated rings. The molecule has 1 saturated carbocycles. The summed E-state index contributed by atoms with van der Waals surface area (Å²) in [5.74, 6) is 1.89. The number of rotatable bonds is 3. The highest BCUT2D eigenvalue weighted by atomic mass is 16.6. The van der Waals surface area contributed by atoms with E-state index >= 15 is 0 Å². The van der Waals surface area contributed by atoms with Gasteiger partial charge < -0.3 is 9.57 Å². The zero-order valence-electron chi connectivity index (χ0n) is 16.2. The van der Waals surface area contributed by atoms with Crippen LogP contribution in [0.1, 0.15) is 44.6 Å². The van der Waals surface area contributed by atoms with E-state index < -0.39 is 0 Å². The molecule has 4 heteroatoms. The van der Waals surface area contributed by atoms with E-state index in [0.29, 0.717) is 11.8 Å². The summed E-state index contributed by atoms with van der Waals surface area (Å²) in [6.07, 6.45) is 9.27. The van der Waals surface area contributed by atoms with E-state index in [1.807, 2.05) is 37.3 Å². The van der Waals surface area contributed by atoms with Crippen LogP contribution in [0, 0.1) is 11.8 Å². The molecule has 1 aromatic carbocycles. The number of allylic oxidation sites excluding steroid dienone is 1. The van der Waals surface area contributed by atoms with Gasteiger partial charge in [0.2, 0.25) is 0 Å². The molecule has 2 aromatic rings. The number of benzene rings is 1. The summed E-state index contributed by atoms with van der Waals surface area (Å²) in [5.41, 5.74) is 2.64. The lowest BCUT2D eigenvalue weighted by atomic mass is 9.68. The maximum atomic E-state index is 13.2. The van der Waals surface area contributed by atoms with Gasteiger partial charge in [0.25, 0.3) is 5.56 Å². The highest BCUT2D eigenvalue weighted by Crippen LogP contribution is 2.50. The molecule has 1 aliphatic heterocycles. The Bertz CT molecular complexity index is 900. The normalized spacial score (nSPS) is 26.9. The predicted octanol–water partition coefficient (Wildman–Crippen LogP) is 4.43. The molecule has 1 aromatic heterocycles. The summed E-state index contributed by atoms with van der Waals surface area (Å²) in [6.45, 7) is 4.31. The number of ether oxygens (including phenoxy) is 1. The van der Waals surface area contributed by atoms with E-state index in [9.17, 15) is 4.79 Å². The average molecular weight is 365 g/mol. The summed E-state index contributed by atoms with van der Waals surface area (Å²) in [6, 6.07) is 10.1. The number of fused-ring (bicyclic) bond motifs is 3. The number of aromatic nitrogens is 1. The van der Waals surface area contributed by atoms with Crippen molar-refractivity contribution in [1.29, 1.82) is 0 Å². The molecule has 2 aliphatic rings. The van der Waals surface area contributed by atoms with Crippen LogP contribution in [0.4, 0.5) is 0 Å². The van der Waals surface area contributed by atoms with Crippen LogP contribution in [-0.2, 0) is 0 Å². The fourth-order valence-corrected chi connectivity index (χ4v) is 4.73. The summed E-state index contributed by atoms with van der Waals surface area (Å²) in [5, 5.41) is 0. The van der Waals surface area contributed by atoms with Crippen molar-refractivity contribution in [3.63, 3.8) is 0 Å². The number of hydrogen-bond acceptors (Lipinski definition) is 3. The lowest BCUT2D eigenvalue weighted by Gasteiger charge is -2.43. The lowest BCUT2D eigenvalue weighted by Crippen LogP contribution is -2.43. The van der Waals surface area contributed by atoms with Gasteiger partial charge in [0, 0.05) is 17.4 Å².